The van der Waals surface area contributed by atoms with Gasteiger partial charge in [-0.1, -0.05) is 16.3 Å². The third-order valence-electron chi connectivity index (χ3n) is 1.99. The SMILES string of the molecule is C[C@@H]1CCN(P)[C@@H]1C(=O)O. The molecule has 0 aromatic heterocycles. The number of nitrogens with zero attached hydrogens (tertiary/aromatic N) is 1. The van der Waals surface area contributed by atoms with Crippen LogP contribution in [0, 0.1) is 5.92 Å². The molecule has 1 fully saturated rings. The Bertz CT molecular complexity index is 141. The van der Waals surface area contributed by atoms with Crippen molar-refractivity contribution in [2.24, 2.45) is 5.92 Å². The molecule has 0 aromatic carbocycles. The highest BCUT2D eigenvalue weighted by Gasteiger charge is 2.34. The average Bonchev–Trinajstić information content (AvgIpc) is 2.11. The predicted octanol–water partition coefficient (Wildman–Crippen LogP) is 0.571. The van der Waals surface area contributed by atoms with Crippen LogP contribution >= 0.6 is 9.39 Å². The van der Waals surface area contributed by atoms with Crippen LogP contribution in [-0.2, 0) is 4.79 Å². The van der Waals surface area contributed by atoms with Gasteiger partial charge in [0.25, 0.3) is 0 Å². The summed E-state index contributed by atoms with van der Waals surface area (Å²) in [5.74, 6) is -0.421. The largest absolute Gasteiger partial charge is 0.480 e. The summed E-state index contributed by atoms with van der Waals surface area (Å²) in [6.07, 6.45) is 0.987. The molecule has 58 valence electrons. The molecule has 0 aliphatic carbocycles. The lowest BCUT2D eigenvalue weighted by Gasteiger charge is -2.16. The second-order valence-electron chi connectivity index (χ2n) is 2.79. The zero-order valence-corrected chi connectivity index (χ0v) is 7.10. The molecule has 3 atom stereocenters. The minimum atomic E-state index is -0.708. The molecule has 0 spiro atoms. The van der Waals surface area contributed by atoms with Crippen LogP contribution in [0.1, 0.15) is 13.3 Å². The molecular weight excluding hydrogens is 149 g/mol. The topological polar surface area (TPSA) is 40.5 Å². The van der Waals surface area contributed by atoms with Crippen molar-refractivity contribution < 1.29 is 9.90 Å². The van der Waals surface area contributed by atoms with Crippen molar-refractivity contribution in [3.63, 3.8) is 0 Å². The molecule has 1 heterocycles. The molecule has 1 saturated heterocycles. The molecule has 4 heteroatoms. The molecule has 10 heavy (non-hydrogen) atoms. The first kappa shape index (κ1) is 7.96. The van der Waals surface area contributed by atoms with Gasteiger partial charge >= 0.3 is 5.97 Å². The van der Waals surface area contributed by atoms with Crippen LogP contribution in [-0.4, -0.2) is 28.3 Å². The summed E-state index contributed by atoms with van der Waals surface area (Å²) in [4.78, 5) is 10.6. The normalized spacial score (nSPS) is 34.6. The zero-order chi connectivity index (χ0) is 7.72. The Balaban J connectivity index is 2.63. The highest BCUT2D eigenvalue weighted by atomic mass is 31.0. The third kappa shape index (κ3) is 1.30. The first-order chi connectivity index (χ1) is 4.63. The second kappa shape index (κ2) is 2.85. The Morgan fingerprint density at radius 3 is 2.60 bits per heavy atom. The van der Waals surface area contributed by atoms with Gasteiger partial charge in [-0.15, -0.1) is 0 Å². The van der Waals surface area contributed by atoms with E-state index in [0.29, 0.717) is 0 Å². The lowest BCUT2D eigenvalue weighted by molar-refractivity contribution is -0.141. The summed E-state index contributed by atoms with van der Waals surface area (Å²) >= 11 is 0. The van der Waals surface area contributed by atoms with E-state index < -0.39 is 5.97 Å². The summed E-state index contributed by atoms with van der Waals surface area (Å²) in [5, 5.41) is 8.70. The fourth-order valence-electron chi connectivity index (χ4n) is 1.36. The smallest absolute Gasteiger partial charge is 0.321 e. The van der Waals surface area contributed by atoms with Gasteiger partial charge in [0, 0.05) is 6.54 Å². The molecule has 1 rings (SSSR count). The van der Waals surface area contributed by atoms with Crippen LogP contribution in [0.2, 0.25) is 0 Å². The van der Waals surface area contributed by atoms with Crippen molar-refractivity contribution in [3.8, 4) is 0 Å². The van der Waals surface area contributed by atoms with Crippen LogP contribution in [0.3, 0.4) is 0 Å². The van der Waals surface area contributed by atoms with Gasteiger partial charge in [-0.3, -0.25) is 9.46 Å². The van der Waals surface area contributed by atoms with E-state index in [-0.39, 0.29) is 12.0 Å². The molecule has 1 aliphatic rings. The van der Waals surface area contributed by atoms with Crippen molar-refractivity contribution in [2.45, 2.75) is 19.4 Å². The van der Waals surface area contributed by atoms with Gasteiger partial charge in [0.2, 0.25) is 0 Å². The van der Waals surface area contributed by atoms with Crippen LogP contribution in [0.25, 0.3) is 0 Å². The first-order valence-corrected chi connectivity index (χ1v) is 3.88. The fourth-order valence-corrected chi connectivity index (χ4v) is 1.93. The first-order valence-electron chi connectivity index (χ1n) is 3.37. The van der Waals surface area contributed by atoms with Crippen molar-refractivity contribution in [1.82, 2.24) is 4.67 Å². The number of carboxylic acids is 1. The van der Waals surface area contributed by atoms with E-state index in [2.05, 4.69) is 9.39 Å². The molecule has 3 nitrogen and oxygen atoms in total. The summed E-state index contributed by atoms with van der Waals surface area (Å²) in [6, 6.07) is -0.287. The van der Waals surface area contributed by atoms with Gasteiger partial charge < -0.3 is 5.11 Å². The number of hydrogen-bond donors (Lipinski definition) is 1. The maximum Gasteiger partial charge on any atom is 0.321 e. The Hall–Kier alpha value is -0.140. The van der Waals surface area contributed by atoms with E-state index >= 15 is 0 Å². The van der Waals surface area contributed by atoms with E-state index in [4.69, 9.17) is 5.11 Å². The quantitative estimate of drug-likeness (QED) is 0.571. The number of rotatable bonds is 1. The minimum Gasteiger partial charge on any atom is -0.480 e. The van der Waals surface area contributed by atoms with Gasteiger partial charge in [0.1, 0.15) is 6.04 Å². The lowest BCUT2D eigenvalue weighted by Crippen LogP contribution is -2.32. The number of carboxylic acid groups (broad SMARTS) is 1. The Morgan fingerprint density at radius 1 is 1.80 bits per heavy atom. The molecule has 0 bridgehead atoms. The molecule has 1 N–H and O–H groups in total. The number of hydrogen-bond acceptors (Lipinski definition) is 2. The molecule has 0 saturated carbocycles. The van der Waals surface area contributed by atoms with Gasteiger partial charge in [0.15, 0.2) is 0 Å². The van der Waals surface area contributed by atoms with Crippen molar-refractivity contribution in [2.75, 3.05) is 6.54 Å². The fraction of sp³-hybridized carbons (Fsp3) is 0.833. The molecule has 1 aliphatic heterocycles. The molecule has 0 aromatic rings. The van der Waals surface area contributed by atoms with Gasteiger partial charge in [-0.25, -0.2) is 0 Å². The van der Waals surface area contributed by atoms with E-state index in [1.807, 2.05) is 11.6 Å². The van der Waals surface area contributed by atoms with Crippen LogP contribution < -0.4 is 0 Å². The van der Waals surface area contributed by atoms with Crippen molar-refractivity contribution in [3.05, 3.63) is 0 Å². The van der Waals surface area contributed by atoms with E-state index in [0.717, 1.165) is 13.0 Å². The summed E-state index contributed by atoms with van der Waals surface area (Å²) in [5.41, 5.74) is 0. The van der Waals surface area contributed by atoms with Crippen LogP contribution in [0.5, 0.6) is 0 Å². The standard InChI is InChI=1S/C6H12NO2P/c1-4-2-3-7(10)5(4)6(8)9/h4-5H,2-3,10H2,1H3,(H,8,9)/t4-,5+/m1/s1. The Kier molecular flexibility index (Phi) is 2.27. The highest BCUT2D eigenvalue weighted by molar-refractivity contribution is 7.13. The minimum absolute atomic E-state index is 0.287. The maximum absolute atomic E-state index is 10.6. The van der Waals surface area contributed by atoms with Gasteiger partial charge in [0.05, 0.1) is 0 Å². The number of aliphatic carboxylic acids is 1. The molecule has 0 radical (unpaired) electrons. The second-order valence-corrected chi connectivity index (χ2v) is 3.45. The molecule has 0 amide bonds. The van der Waals surface area contributed by atoms with E-state index in [9.17, 15) is 4.79 Å². The summed E-state index contributed by atoms with van der Waals surface area (Å²) in [6.45, 7) is 2.85. The Morgan fingerprint density at radius 2 is 2.40 bits per heavy atom. The van der Waals surface area contributed by atoms with E-state index in [1.54, 1.807) is 0 Å². The Labute approximate surface area is 62.7 Å². The van der Waals surface area contributed by atoms with Crippen LogP contribution in [0.15, 0.2) is 0 Å². The predicted molar refractivity (Wildman–Crippen MR) is 41.6 cm³/mol. The number of carbonyl (C=O) groups is 1. The third-order valence-corrected chi connectivity index (χ3v) is 2.57. The molecule has 1 unspecified atom stereocenters. The van der Waals surface area contributed by atoms with E-state index in [1.165, 1.54) is 0 Å². The van der Waals surface area contributed by atoms with Crippen molar-refractivity contribution >= 4 is 15.4 Å². The summed E-state index contributed by atoms with van der Waals surface area (Å²) in [7, 11) is 2.46. The highest BCUT2D eigenvalue weighted by Crippen LogP contribution is 2.26. The maximum atomic E-state index is 10.6. The van der Waals surface area contributed by atoms with Gasteiger partial charge in [-0.05, 0) is 12.3 Å². The summed E-state index contributed by atoms with van der Waals surface area (Å²) < 4.78 is 1.81. The van der Waals surface area contributed by atoms with Crippen LogP contribution in [0.4, 0.5) is 0 Å². The lowest BCUT2D eigenvalue weighted by atomic mass is 10.0. The van der Waals surface area contributed by atoms with Crippen molar-refractivity contribution in [1.29, 1.82) is 0 Å². The molecular formula is C6H12NO2P. The monoisotopic (exact) mass is 161 g/mol. The average molecular weight is 161 g/mol. The zero-order valence-electron chi connectivity index (χ0n) is 5.95. The van der Waals surface area contributed by atoms with Gasteiger partial charge in [-0.2, -0.15) is 0 Å².